The maximum absolute atomic E-state index is 12.7. The van der Waals surface area contributed by atoms with Crippen molar-refractivity contribution in [3.8, 4) is 0 Å². The molecule has 1 unspecified atom stereocenters. The molecular weight excluding hydrogens is 356 g/mol. The van der Waals surface area contributed by atoms with Crippen LogP contribution in [0.2, 0.25) is 0 Å². The fourth-order valence-electron chi connectivity index (χ4n) is 3.59. The van der Waals surface area contributed by atoms with Crippen LogP contribution in [0.25, 0.3) is 0 Å². The van der Waals surface area contributed by atoms with Gasteiger partial charge in [-0.15, -0.1) is 0 Å². The second-order valence-electron chi connectivity index (χ2n) is 7.71. The Morgan fingerprint density at radius 1 is 1.07 bits per heavy atom. The van der Waals surface area contributed by atoms with Crippen LogP contribution in [0.3, 0.4) is 0 Å². The number of rotatable bonds is 7. The summed E-state index contributed by atoms with van der Waals surface area (Å²) in [6.07, 6.45) is 4.23. The lowest BCUT2D eigenvalue weighted by Gasteiger charge is -2.26. The molecule has 2 aromatic carbocycles. The molecule has 0 aromatic heterocycles. The monoisotopic (exact) mass is 386 g/mol. The highest BCUT2D eigenvalue weighted by Crippen LogP contribution is 2.26. The van der Waals surface area contributed by atoms with E-state index in [9.17, 15) is 8.42 Å². The van der Waals surface area contributed by atoms with Gasteiger partial charge in [0.15, 0.2) is 0 Å². The van der Waals surface area contributed by atoms with Gasteiger partial charge in [0, 0.05) is 11.7 Å². The molecule has 2 N–H and O–H groups in total. The van der Waals surface area contributed by atoms with Crippen molar-refractivity contribution < 1.29 is 8.42 Å². The molecule has 4 nitrogen and oxygen atoms in total. The van der Waals surface area contributed by atoms with Crippen molar-refractivity contribution in [3.05, 3.63) is 59.2 Å². The van der Waals surface area contributed by atoms with E-state index in [1.807, 2.05) is 24.3 Å². The van der Waals surface area contributed by atoms with E-state index < -0.39 is 10.0 Å². The molecule has 0 bridgehead atoms. The van der Waals surface area contributed by atoms with E-state index >= 15 is 0 Å². The number of hydrogen-bond acceptors (Lipinski definition) is 3. The third-order valence-corrected chi connectivity index (χ3v) is 6.62. The van der Waals surface area contributed by atoms with Gasteiger partial charge in [0.05, 0.1) is 4.90 Å². The van der Waals surface area contributed by atoms with Crippen molar-refractivity contribution in [1.29, 1.82) is 0 Å². The molecule has 1 aliphatic rings. The Hall–Kier alpha value is -1.85. The average Bonchev–Trinajstić information content (AvgIpc) is 2.66. The molecular formula is C22H30N2O2S. The largest absolute Gasteiger partial charge is 0.314 e. The Morgan fingerprint density at radius 3 is 2.48 bits per heavy atom. The SMILES string of the molecule is CCCNC1CCc2cc(NS(=O)(=O)c3ccc(C(C)C)cc3)ccc2C1. The van der Waals surface area contributed by atoms with Crippen molar-refractivity contribution in [2.24, 2.45) is 0 Å². The normalized spacial score (nSPS) is 17.0. The van der Waals surface area contributed by atoms with Crippen LogP contribution in [-0.4, -0.2) is 21.0 Å². The first-order valence-electron chi connectivity index (χ1n) is 9.87. The number of nitrogens with one attached hydrogen (secondary N) is 2. The van der Waals surface area contributed by atoms with Gasteiger partial charge in [-0.25, -0.2) is 8.42 Å². The Morgan fingerprint density at radius 2 is 1.81 bits per heavy atom. The molecule has 0 saturated carbocycles. The molecule has 0 amide bonds. The van der Waals surface area contributed by atoms with Gasteiger partial charge >= 0.3 is 0 Å². The highest BCUT2D eigenvalue weighted by atomic mass is 32.2. The van der Waals surface area contributed by atoms with Gasteiger partial charge in [-0.2, -0.15) is 0 Å². The van der Waals surface area contributed by atoms with Crippen LogP contribution in [-0.2, 0) is 22.9 Å². The minimum atomic E-state index is -3.57. The molecule has 0 spiro atoms. The quantitative estimate of drug-likeness (QED) is 0.738. The highest BCUT2D eigenvalue weighted by molar-refractivity contribution is 7.92. The summed E-state index contributed by atoms with van der Waals surface area (Å²) in [6.45, 7) is 7.42. The number of sulfonamides is 1. The Bertz CT molecular complexity index is 874. The van der Waals surface area contributed by atoms with Gasteiger partial charge in [-0.3, -0.25) is 4.72 Å². The molecule has 5 heteroatoms. The average molecular weight is 387 g/mol. The van der Waals surface area contributed by atoms with Crippen LogP contribution in [0.15, 0.2) is 47.4 Å². The summed E-state index contributed by atoms with van der Waals surface area (Å²) in [5, 5.41) is 3.59. The van der Waals surface area contributed by atoms with E-state index in [-0.39, 0.29) is 0 Å². The van der Waals surface area contributed by atoms with E-state index in [0.29, 0.717) is 22.5 Å². The summed E-state index contributed by atoms with van der Waals surface area (Å²) in [7, 11) is -3.57. The van der Waals surface area contributed by atoms with Crippen LogP contribution in [0, 0.1) is 0 Å². The first-order chi connectivity index (χ1) is 12.9. The first kappa shape index (κ1) is 19.9. The van der Waals surface area contributed by atoms with Crippen molar-refractivity contribution >= 4 is 15.7 Å². The van der Waals surface area contributed by atoms with Crippen LogP contribution in [0.4, 0.5) is 5.69 Å². The lowest BCUT2D eigenvalue weighted by Crippen LogP contribution is -2.35. The molecule has 0 aliphatic heterocycles. The Balaban J connectivity index is 1.72. The predicted octanol–water partition coefficient (Wildman–Crippen LogP) is 4.47. The number of hydrogen-bond donors (Lipinski definition) is 2. The molecule has 1 atom stereocenters. The molecule has 3 rings (SSSR count). The second kappa shape index (κ2) is 8.44. The number of benzene rings is 2. The lowest BCUT2D eigenvalue weighted by atomic mass is 9.88. The van der Waals surface area contributed by atoms with Crippen LogP contribution in [0.5, 0.6) is 0 Å². The molecule has 1 aliphatic carbocycles. The summed E-state index contributed by atoms with van der Waals surface area (Å²) in [5.41, 5.74) is 4.34. The minimum Gasteiger partial charge on any atom is -0.314 e. The topological polar surface area (TPSA) is 58.2 Å². The maximum atomic E-state index is 12.7. The summed E-state index contributed by atoms with van der Waals surface area (Å²) in [6, 6.07) is 13.6. The smallest absolute Gasteiger partial charge is 0.261 e. The molecule has 0 saturated heterocycles. The predicted molar refractivity (Wildman–Crippen MR) is 112 cm³/mol. The molecule has 0 fully saturated rings. The van der Waals surface area contributed by atoms with Gasteiger partial charge in [0.1, 0.15) is 0 Å². The van der Waals surface area contributed by atoms with Crippen molar-refractivity contribution in [2.75, 3.05) is 11.3 Å². The molecule has 27 heavy (non-hydrogen) atoms. The summed E-state index contributed by atoms with van der Waals surface area (Å²) in [4.78, 5) is 0.299. The van der Waals surface area contributed by atoms with Crippen LogP contribution < -0.4 is 10.0 Å². The van der Waals surface area contributed by atoms with E-state index in [1.54, 1.807) is 12.1 Å². The minimum absolute atomic E-state index is 0.299. The molecule has 146 valence electrons. The van der Waals surface area contributed by atoms with E-state index in [1.165, 1.54) is 11.1 Å². The van der Waals surface area contributed by atoms with Crippen LogP contribution in [0.1, 0.15) is 56.2 Å². The Labute approximate surface area is 163 Å². The molecule has 0 heterocycles. The third-order valence-electron chi connectivity index (χ3n) is 5.23. The van der Waals surface area contributed by atoms with Gasteiger partial charge in [-0.05, 0) is 79.1 Å². The van der Waals surface area contributed by atoms with Gasteiger partial charge in [-0.1, -0.05) is 39.0 Å². The zero-order chi connectivity index (χ0) is 19.4. The standard InChI is InChI=1S/C22H30N2O2S/c1-4-13-23-20-9-5-19-15-21(10-6-18(19)14-20)24-27(25,26)22-11-7-17(8-12-22)16(2)3/h6-8,10-12,15-16,20,23-24H,4-5,9,13-14H2,1-3H3. The molecule has 2 aromatic rings. The van der Waals surface area contributed by atoms with Crippen LogP contribution >= 0.6 is 0 Å². The van der Waals surface area contributed by atoms with E-state index in [2.05, 4.69) is 36.9 Å². The first-order valence-corrected chi connectivity index (χ1v) is 11.4. The number of fused-ring (bicyclic) bond motifs is 1. The third kappa shape index (κ3) is 4.90. The summed E-state index contributed by atoms with van der Waals surface area (Å²) in [5.74, 6) is 0.381. The van der Waals surface area contributed by atoms with Crippen molar-refractivity contribution in [1.82, 2.24) is 5.32 Å². The summed E-state index contributed by atoms with van der Waals surface area (Å²) < 4.78 is 28.1. The Kier molecular flexibility index (Phi) is 6.22. The fraction of sp³-hybridized carbons (Fsp3) is 0.455. The molecule has 0 radical (unpaired) electrons. The second-order valence-corrected chi connectivity index (χ2v) is 9.39. The van der Waals surface area contributed by atoms with E-state index in [0.717, 1.165) is 37.8 Å². The summed E-state index contributed by atoms with van der Waals surface area (Å²) >= 11 is 0. The fourth-order valence-corrected chi connectivity index (χ4v) is 4.64. The zero-order valence-electron chi connectivity index (χ0n) is 16.5. The van der Waals surface area contributed by atoms with Crippen molar-refractivity contribution in [3.63, 3.8) is 0 Å². The zero-order valence-corrected chi connectivity index (χ0v) is 17.3. The van der Waals surface area contributed by atoms with Gasteiger partial charge < -0.3 is 5.32 Å². The maximum Gasteiger partial charge on any atom is 0.261 e. The van der Waals surface area contributed by atoms with E-state index in [4.69, 9.17) is 0 Å². The van der Waals surface area contributed by atoms with Crippen molar-refractivity contribution in [2.45, 2.75) is 63.3 Å². The number of anilines is 1. The van der Waals surface area contributed by atoms with Gasteiger partial charge in [0.2, 0.25) is 0 Å². The van der Waals surface area contributed by atoms with Gasteiger partial charge in [0.25, 0.3) is 10.0 Å². The number of aryl methyl sites for hydroxylation is 1. The highest BCUT2D eigenvalue weighted by Gasteiger charge is 2.20. The lowest BCUT2D eigenvalue weighted by molar-refractivity contribution is 0.459.